The fraction of sp³-hybridized carbons (Fsp3) is 0.312. The molecule has 0 radical (unpaired) electrons. The Morgan fingerprint density at radius 2 is 1.91 bits per heavy atom. The van der Waals surface area contributed by atoms with E-state index in [0.717, 1.165) is 0 Å². The number of alkyl carbamates (subject to hydrolysis) is 1. The highest BCUT2D eigenvalue weighted by Crippen LogP contribution is 2.20. The standard InChI is InChI=1S/C16H15NO5/c1-16(2,3)22-15(20)17-8-4-5-10-6-7-11-12(9-10)14(19)21-13(11)18/h6-7,9H,8H2,1-3H3,(H,17,20). The number of rotatable bonds is 1. The van der Waals surface area contributed by atoms with Crippen LogP contribution < -0.4 is 5.32 Å². The number of fused-ring (bicyclic) bond motifs is 1. The molecule has 0 saturated heterocycles. The number of hydrogen-bond donors (Lipinski definition) is 1. The molecule has 0 unspecified atom stereocenters. The van der Waals surface area contributed by atoms with E-state index in [1.54, 1.807) is 26.8 Å². The van der Waals surface area contributed by atoms with Gasteiger partial charge in [0.2, 0.25) is 0 Å². The lowest BCUT2D eigenvalue weighted by Crippen LogP contribution is -2.32. The summed E-state index contributed by atoms with van der Waals surface area (Å²) in [6.45, 7) is 5.41. The van der Waals surface area contributed by atoms with Gasteiger partial charge in [0.1, 0.15) is 5.60 Å². The number of benzene rings is 1. The van der Waals surface area contributed by atoms with E-state index in [9.17, 15) is 14.4 Å². The predicted octanol–water partition coefficient (Wildman–Crippen LogP) is 1.87. The van der Waals surface area contributed by atoms with Gasteiger partial charge < -0.3 is 14.8 Å². The lowest BCUT2D eigenvalue weighted by molar-refractivity contribution is 0.0441. The summed E-state index contributed by atoms with van der Waals surface area (Å²) in [6.07, 6.45) is -0.551. The van der Waals surface area contributed by atoms with Crippen molar-refractivity contribution in [3.05, 3.63) is 34.9 Å². The van der Waals surface area contributed by atoms with Crippen molar-refractivity contribution >= 4 is 18.0 Å². The number of hydrogen-bond acceptors (Lipinski definition) is 5. The third-order valence-electron chi connectivity index (χ3n) is 2.60. The van der Waals surface area contributed by atoms with Gasteiger partial charge in [0, 0.05) is 5.56 Å². The van der Waals surface area contributed by atoms with Gasteiger partial charge in [-0.25, -0.2) is 14.4 Å². The third-order valence-corrected chi connectivity index (χ3v) is 2.60. The Kier molecular flexibility index (Phi) is 4.18. The maximum atomic E-state index is 11.4. The molecule has 22 heavy (non-hydrogen) atoms. The molecule has 0 fully saturated rings. The quantitative estimate of drug-likeness (QED) is 0.486. The van der Waals surface area contributed by atoms with Gasteiger partial charge in [-0.3, -0.25) is 0 Å². The van der Waals surface area contributed by atoms with E-state index in [-0.39, 0.29) is 17.7 Å². The zero-order chi connectivity index (χ0) is 16.3. The SMILES string of the molecule is CC(C)(C)OC(=O)NCC#Cc1ccc2c(c1)C(=O)OC2=O. The molecule has 0 spiro atoms. The van der Waals surface area contributed by atoms with E-state index in [1.165, 1.54) is 12.1 Å². The summed E-state index contributed by atoms with van der Waals surface area (Å²) in [5, 5.41) is 2.50. The fourth-order valence-corrected chi connectivity index (χ4v) is 1.74. The van der Waals surface area contributed by atoms with Crippen molar-refractivity contribution in [2.75, 3.05) is 6.54 Å². The van der Waals surface area contributed by atoms with E-state index >= 15 is 0 Å². The van der Waals surface area contributed by atoms with Crippen LogP contribution in [-0.2, 0) is 9.47 Å². The van der Waals surface area contributed by atoms with Crippen LogP contribution in [0.5, 0.6) is 0 Å². The molecule has 0 bridgehead atoms. The summed E-state index contributed by atoms with van der Waals surface area (Å²) >= 11 is 0. The van der Waals surface area contributed by atoms with E-state index in [4.69, 9.17) is 4.74 Å². The third kappa shape index (κ3) is 3.85. The monoisotopic (exact) mass is 301 g/mol. The lowest BCUT2D eigenvalue weighted by Gasteiger charge is -2.18. The summed E-state index contributed by atoms with van der Waals surface area (Å²) in [6, 6.07) is 4.59. The molecule has 1 aromatic rings. The van der Waals surface area contributed by atoms with Crippen LogP contribution >= 0.6 is 0 Å². The molecule has 0 aliphatic carbocycles. The van der Waals surface area contributed by atoms with Crippen molar-refractivity contribution in [1.82, 2.24) is 5.32 Å². The molecule has 1 aromatic carbocycles. The van der Waals surface area contributed by atoms with Crippen LogP contribution in [0.2, 0.25) is 0 Å². The van der Waals surface area contributed by atoms with Crippen LogP contribution in [0.4, 0.5) is 4.79 Å². The van der Waals surface area contributed by atoms with Gasteiger partial charge in [-0.2, -0.15) is 0 Å². The first-order valence-electron chi connectivity index (χ1n) is 6.62. The largest absolute Gasteiger partial charge is 0.444 e. The summed E-state index contributed by atoms with van der Waals surface area (Å²) in [5.41, 5.74) is 0.431. The second-order valence-electron chi connectivity index (χ2n) is 5.59. The van der Waals surface area contributed by atoms with E-state index in [1.807, 2.05) is 0 Å². The lowest BCUT2D eigenvalue weighted by atomic mass is 10.1. The van der Waals surface area contributed by atoms with Crippen LogP contribution in [0, 0.1) is 11.8 Å². The fourth-order valence-electron chi connectivity index (χ4n) is 1.74. The van der Waals surface area contributed by atoms with Crippen molar-refractivity contribution in [1.29, 1.82) is 0 Å². The molecular formula is C16H15NO5. The van der Waals surface area contributed by atoms with Crippen molar-refractivity contribution in [2.45, 2.75) is 26.4 Å². The van der Waals surface area contributed by atoms with Crippen molar-refractivity contribution < 1.29 is 23.9 Å². The number of cyclic esters (lactones) is 2. The van der Waals surface area contributed by atoms with Gasteiger partial charge in [-0.15, -0.1) is 0 Å². The van der Waals surface area contributed by atoms with Gasteiger partial charge in [0.25, 0.3) is 0 Å². The maximum absolute atomic E-state index is 11.4. The smallest absolute Gasteiger partial charge is 0.408 e. The van der Waals surface area contributed by atoms with Crippen molar-refractivity contribution in [2.24, 2.45) is 0 Å². The predicted molar refractivity (Wildman–Crippen MR) is 77.3 cm³/mol. The summed E-state index contributed by atoms with van der Waals surface area (Å²) < 4.78 is 9.55. The van der Waals surface area contributed by atoms with E-state index < -0.39 is 23.6 Å². The first-order valence-corrected chi connectivity index (χ1v) is 6.62. The Morgan fingerprint density at radius 1 is 1.23 bits per heavy atom. The molecule has 0 atom stereocenters. The van der Waals surface area contributed by atoms with Crippen LogP contribution in [0.25, 0.3) is 0 Å². The Hall–Kier alpha value is -2.81. The zero-order valence-corrected chi connectivity index (χ0v) is 12.5. The Balaban J connectivity index is 1.96. The van der Waals surface area contributed by atoms with Crippen molar-refractivity contribution in [3.63, 3.8) is 0 Å². The molecule has 1 amide bonds. The number of carbonyl (C=O) groups is 3. The van der Waals surface area contributed by atoms with E-state index in [2.05, 4.69) is 21.9 Å². The second-order valence-corrected chi connectivity index (χ2v) is 5.59. The van der Waals surface area contributed by atoms with Crippen LogP contribution in [0.15, 0.2) is 18.2 Å². The molecule has 2 rings (SSSR count). The number of esters is 2. The molecule has 1 aliphatic rings. The van der Waals surface area contributed by atoms with Crippen LogP contribution in [0.1, 0.15) is 47.1 Å². The first-order chi connectivity index (χ1) is 10.3. The minimum absolute atomic E-state index is 0.107. The minimum Gasteiger partial charge on any atom is -0.444 e. The van der Waals surface area contributed by atoms with Gasteiger partial charge in [0.05, 0.1) is 17.7 Å². The molecule has 6 heteroatoms. The summed E-state index contributed by atoms with van der Waals surface area (Å²) in [7, 11) is 0. The zero-order valence-electron chi connectivity index (χ0n) is 12.5. The summed E-state index contributed by atoms with van der Waals surface area (Å²) in [5.74, 6) is 4.21. The molecule has 0 saturated carbocycles. The molecule has 1 heterocycles. The topological polar surface area (TPSA) is 81.7 Å². The molecule has 1 aliphatic heterocycles. The average Bonchev–Trinajstić information content (AvgIpc) is 2.68. The average molecular weight is 301 g/mol. The van der Waals surface area contributed by atoms with Gasteiger partial charge in [0.15, 0.2) is 0 Å². The number of amides is 1. The Morgan fingerprint density at radius 3 is 2.59 bits per heavy atom. The molecule has 6 nitrogen and oxygen atoms in total. The number of nitrogens with one attached hydrogen (secondary N) is 1. The van der Waals surface area contributed by atoms with Gasteiger partial charge >= 0.3 is 18.0 Å². The normalized spacial score (nSPS) is 12.9. The molecule has 114 valence electrons. The molecular weight excluding hydrogens is 286 g/mol. The number of carbonyl (C=O) groups excluding carboxylic acids is 3. The second kappa shape index (κ2) is 5.90. The highest BCUT2D eigenvalue weighted by molar-refractivity contribution is 6.14. The van der Waals surface area contributed by atoms with Gasteiger partial charge in [-0.05, 0) is 39.0 Å². The van der Waals surface area contributed by atoms with Gasteiger partial charge in [-0.1, -0.05) is 11.8 Å². The van der Waals surface area contributed by atoms with Crippen molar-refractivity contribution in [3.8, 4) is 11.8 Å². The Labute approximate surface area is 127 Å². The molecule has 1 N–H and O–H groups in total. The van der Waals surface area contributed by atoms with Crippen LogP contribution in [-0.4, -0.2) is 30.2 Å². The Bertz CT molecular complexity index is 703. The maximum Gasteiger partial charge on any atom is 0.408 e. The van der Waals surface area contributed by atoms with Crippen LogP contribution in [0.3, 0.4) is 0 Å². The number of ether oxygens (including phenoxy) is 2. The highest BCUT2D eigenvalue weighted by Gasteiger charge is 2.29. The molecule has 0 aromatic heterocycles. The minimum atomic E-state index is -0.671. The summed E-state index contributed by atoms with van der Waals surface area (Å²) in [4.78, 5) is 34.1. The highest BCUT2D eigenvalue weighted by atomic mass is 16.6. The van der Waals surface area contributed by atoms with E-state index in [0.29, 0.717) is 5.56 Å². The first kappa shape index (κ1) is 15.6.